The Morgan fingerprint density at radius 3 is 1.47 bits per heavy atom. The van der Waals surface area contributed by atoms with E-state index in [1.807, 2.05) is 48.5 Å². The molecule has 0 N–H and O–H groups in total. The molecule has 0 bridgehead atoms. The van der Waals surface area contributed by atoms with Gasteiger partial charge in [0.15, 0.2) is 17.5 Å². The summed E-state index contributed by atoms with van der Waals surface area (Å²) in [6.45, 7) is 0. The molecule has 0 fully saturated rings. The van der Waals surface area contributed by atoms with Crippen LogP contribution in [0.3, 0.4) is 0 Å². The van der Waals surface area contributed by atoms with Gasteiger partial charge in [-0.05, 0) is 62.4 Å². The first-order valence-corrected chi connectivity index (χ1v) is 17.8. The number of nitrogens with zero attached hydrogens (tertiary/aromatic N) is 3. The highest BCUT2D eigenvalue weighted by atomic mass is 16.3. The van der Waals surface area contributed by atoms with Gasteiger partial charge in [0.1, 0.15) is 11.2 Å². The smallest absolute Gasteiger partial charge is 0.164 e. The third kappa shape index (κ3) is 5.63. The molecule has 2 aromatic heterocycles. The number of hydrogen-bond donors (Lipinski definition) is 0. The first-order valence-electron chi connectivity index (χ1n) is 17.8. The molecule has 0 aliphatic heterocycles. The van der Waals surface area contributed by atoms with Crippen LogP contribution in [-0.4, -0.2) is 15.0 Å². The van der Waals surface area contributed by atoms with Crippen molar-refractivity contribution in [2.75, 3.05) is 0 Å². The van der Waals surface area contributed by atoms with Crippen LogP contribution in [0.1, 0.15) is 0 Å². The summed E-state index contributed by atoms with van der Waals surface area (Å²) in [5.74, 6) is 1.88. The van der Waals surface area contributed by atoms with Crippen LogP contribution in [0.5, 0.6) is 0 Å². The van der Waals surface area contributed by atoms with Crippen molar-refractivity contribution in [3.05, 3.63) is 188 Å². The number of benzene rings is 8. The van der Waals surface area contributed by atoms with Crippen LogP contribution in [0, 0.1) is 0 Å². The van der Waals surface area contributed by atoms with Crippen LogP contribution in [0.15, 0.2) is 192 Å². The molecule has 53 heavy (non-hydrogen) atoms. The lowest BCUT2D eigenvalue weighted by Crippen LogP contribution is -2.01. The number of rotatable bonds is 6. The summed E-state index contributed by atoms with van der Waals surface area (Å²) in [5, 5.41) is 4.59. The summed E-state index contributed by atoms with van der Waals surface area (Å²) in [4.78, 5) is 15.2. The summed E-state index contributed by atoms with van der Waals surface area (Å²) < 4.78 is 6.37. The van der Waals surface area contributed by atoms with Gasteiger partial charge < -0.3 is 4.42 Å². The van der Waals surface area contributed by atoms with Crippen LogP contribution >= 0.6 is 0 Å². The topological polar surface area (TPSA) is 51.8 Å². The average molecular weight is 678 g/mol. The minimum Gasteiger partial charge on any atom is -0.456 e. The van der Waals surface area contributed by atoms with Crippen LogP contribution < -0.4 is 0 Å². The SMILES string of the molecule is c1ccc(-c2ccc(-c3ccccc3-c3nc(-c4ccccc4)nc(-c4ccc(-c5cccc6oc7cc8ccccc8cc7c56)cc4)n3)cc2)cc1. The first kappa shape index (κ1) is 30.6. The fraction of sp³-hybridized carbons (Fsp3) is 0. The molecular formula is C49H31N3O. The van der Waals surface area contributed by atoms with Crippen molar-refractivity contribution in [2.24, 2.45) is 0 Å². The van der Waals surface area contributed by atoms with Crippen molar-refractivity contribution >= 4 is 32.7 Å². The van der Waals surface area contributed by atoms with Gasteiger partial charge in [0, 0.05) is 27.5 Å². The third-order valence-electron chi connectivity index (χ3n) is 9.96. The molecule has 0 atom stereocenters. The fourth-order valence-electron chi connectivity index (χ4n) is 7.30. The van der Waals surface area contributed by atoms with Crippen molar-refractivity contribution in [2.45, 2.75) is 0 Å². The van der Waals surface area contributed by atoms with Crippen LogP contribution in [0.4, 0.5) is 0 Å². The Balaban J connectivity index is 1.07. The Morgan fingerprint density at radius 1 is 0.302 bits per heavy atom. The Morgan fingerprint density at radius 2 is 0.774 bits per heavy atom. The van der Waals surface area contributed by atoms with Gasteiger partial charge in [0.25, 0.3) is 0 Å². The van der Waals surface area contributed by atoms with E-state index < -0.39 is 0 Å². The van der Waals surface area contributed by atoms with Crippen molar-refractivity contribution < 1.29 is 4.42 Å². The van der Waals surface area contributed by atoms with E-state index in [-0.39, 0.29) is 0 Å². The van der Waals surface area contributed by atoms with Gasteiger partial charge >= 0.3 is 0 Å². The van der Waals surface area contributed by atoms with E-state index in [2.05, 4.69) is 140 Å². The second-order valence-electron chi connectivity index (χ2n) is 13.2. The van der Waals surface area contributed by atoms with Gasteiger partial charge in [0.05, 0.1) is 0 Å². The molecule has 0 radical (unpaired) electrons. The Kier molecular flexibility index (Phi) is 7.43. The predicted octanol–water partition coefficient (Wildman–Crippen LogP) is 12.9. The minimum atomic E-state index is 0.619. The maximum atomic E-state index is 6.37. The molecule has 0 unspecified atom stereocenters. The summed E-state index contributed by atoms with van der Waals surface area (Å²) in [7, 11) is 0. The molecular weight excluding hydrogens is 647 g/mol. The van der Waals surface area contributed by atoms with E-state index >= 15 is 0 Å². The van der Waals surface area contributed by atoms with E-state index in [1.54, 1.807) is 0 Å². The molecule has 10 aromatic rings. The molecule has 248 valence electrons. The highest BCUT2D eigenvalue weighted by Crippen LogP contribution is 2.39. The lowest BCUT2D eigenvalue weighted by atomic mass is 9.96. The van der Waals surface area contributed by atoms with Crippen molar-refractivity contribution in [3.8, 4) is 67.5 Å². The number of aromatic nitrogens is 3. The molecule has 0 amide bonds. The molecule has 0 spiro atoms. The zero-order chi connectivity index (χ0) is 35.1. The molecule has 8 aromatic carbocycles. The maximum absolute atomic E-state index is 6.37. The summed E-state index contributed by atoms with van der Waals surface area (Å²) in [6, 6.07) is 65.2. The number of hydrogen-bond acceptors (Lipinski definition) is 4. The second-order valence-corrected chi connectivity index (χ2v) is 13.2. The summed E-state index contributed by atoms with van der Waals surface area (Å²) in [6.07, 6.45) is 0. The predicted molar refractivity (Wildman–Crippen MR) is 217 cm³/mol. The zero-order valence-electron chi connectivity index (χ0n) is 28.6. The average Bonchev–Trinajstić information content (AvgIpc) is 3.61. The molecule has 4 heteroatoms. The van der Waals surface area contributed by atoms with E-state index in [0.29, 0.717) is 17.5 Å². The van der Waals surface area contributed by atoms with Crippen molar-refractivity contribution in [1.29, 1.82) is 0 Å². The van der Waals surface area contributed by atoms with Crippen LogP contribution in [-0.2, 0) is 0 Å². The number of furan rings is 1. The van der Waals surface area contributed by atoms with E-state index in [0.717, 1.165) is 60.9 Å². The largest absolute Gasteiger partial charge is 0.456 e. The van der Waals surface area contributed by atoms with Crippen molar-refractivity contribution in [3.63, 3.8) is 0 Å². The Bertz CT molecular complexity index is 2910. The standard InChI is InChI=1S/C49H31N3O/c1-3-12-32(13-4-1)33-22-24-34(25-23-33)40-18-9-10-19-42(40)49-51-47(36-14-5-2-6-15-36)50-48(52-49)37-28-26-35(27-29-37)41-20-11-21-44-46(41)43-30-38-16-7-8-17-39(38)31-45(43)53-44/h1-31H. The highest BCUT2D eigenvalue weighted by molar-refractivity contribution is 6.15. The van der Waals surface area contributed by atoms with E-state index in [4.69, 9.17) is 19.4 Å². The van der Waals surface area contributed by atoms with Gasteiger partial charge in [-0.1, -0.05) is 170 Å². The van der Waals surface area contributed by atoms with Gasteiger partial charge in [-0.15, -0.1) is 0 Å². The third-order valence-corrected chi connectivity index (χ3v) is 9.96. The molecule has 0 saturated carbocycles. The van der Waals surface area contributed by atoms with Gasteiger partial charge in [-0.2, -0.15) is 0 Å². The quantitative estimate of drug-likeness (QED) is 0.176. The summed E-state index contributed by atoms with van der Waals surface area (Å²) in [5.41, 5.74) is 11.3. The normalized spacial score (nSPS) is 11.4. The van der Waals surface area contributed by atoms with Gasteiger partial charge in [-0.25, -0.2) is 15.0 Å². The number of fused-ring (bicyclic) bond motifs is 4. The molecule has 4 nitrogen and oxygen atoms in total. The Hall–Kier alpha value is -7.17. The second kappa shape index (κ2) is 12.9. The Labute approximate surface area is 306 Å². The van der Waals surface area contributed by atoms with Gasteiger partial charge in [-0.3, -0.25) is 0 Å². The zero-order valence-corrected chi connectivity index (χ0v) is 28.6. The fourth-order valence-corrected chi connectivity index (χ4v) is 7.30. The molecule has 0 saturated heterocycles. The molecule has 2 heterocycles. The highest BCUT2D eigenvalue weighted by Gasteiger charge is 2.17. The van der Waals surface area contributed by atoms with Crippen LogP contribution in [0.25, 0.3) is 100 Å². The minimum absolute atomic E-state index is 0.619. The lowest BCUT2D eigenvalue weighted by molar-refractivity contribution is 0.669. The van der Waals surface area contributed by atoms with E-state index in [9.17, 15) is 0 Å². The van der Waals surface area contributed by atoms with Crippen LogP contribution in [0.2, 0.25) is 0 Å². The molecule has 0 aliphatic carbocycles. The van der Waals surface area contributed by atoms with E-state index in [1.165, 1.54) is 21.9 Å². The molecule has 0 aliphatic rings. The van der Waals surface area contributed by atoms with Crippen molar-refractivity contribution in [1.82, 2.24) is 15.0 Å². The monoisotopic (exact) mass is 677 g/mol. The lowest BCUT2D eigenvalue weighted by Gasteiger charge is -2.13. The van der Waals surface area contributed by atoms with Gasteiger partial charge in [0.2, 0.25) is 0 Å². The molecule has 10 rings (SSSR count). The first-order chi connectivity index (χ1) is 26.2. The maximum Gasteiger partial charge on any atom is 0.164 e. The summed E-state index contributed by atoms with van der Waals surface area (Å²) >= 11 is 0.